The first-order valence-corrected chi connectivity index (χ1v) is 5.74. The Morgan fingerprint density at radius 3 is 2.86 bits per heavy atom. The summed E-state index contributed by atoms with van der Waals surface area (Å²) in [5, 5.41) is 12.4. The SMILES string of the molecule is Cn1cc(CNS(=O)(=O)CCO)cn1. The van der Waals surface area contributed by atoms with Crippen molar-refractivity contribution < 1.29 is 13.5 Å². The maximum atomic E-state index is 11.1. The lowest BCUT2D eigenvalue weighted by Crippen LogP contribution is -2.27. The molecule has 0 saturated heterocycles. The summed E-state index contributed by atoms with van der Waals surface area (Å²) in [6, 6.07) is 0. The van der Waals surface area contributed by atoms with Crippen molar-refractivity contribution in [2.75, 3.05) is 12.4 Å². The highest BCUT2D eigenvalue weighted by Crippen LogP contribution is 1.96. The van der Waals surface area contributed by atoms with Crippen LogP contribution in [0, 0.1) is 0 Å². The van der Waals surface area contributed by atoms with Crippen LogP contribution in [0.1, 0.15) is 5.56 Å². The molecule has 0 saturated carbocycles. The van der Waals surface area contributed by atoms with Crippen LogP contribution < -0.4 is 4.72 Å². The molecule has 0 bridgehead atoms. The van der Waals surface area contributed by atoms with Crippen molar-refractivity contribution in [3.63, 3.8) is 0 Å². The smallest absolute Gasteiger partial charge is 0.214 e. The highest BCUT2D eigenvalue weighted by atomic mass is 32.2. The number of hydrogen-bond donors (Lipinski definition) is 2. The van der Waals surface area contributed by atoms with Gasteiger partial charge in [0, 0.05) is 25.4 Å². The highest BCUT2D eigenvalue weighted by molar-refractivity contribution is 7.89. The standard InChI is InChI=1S/C7H13N3O3S/c1-10-6-7(4-8-10)5-9-14(12,13)3-2-11/h4,6,9,11H,2-3,5H2,1H3. The van der Waals surface area contributed by atoms with E-state index in [0.717, 1.165) is 5.56 Å². The van der Waals surface area contributed by atoms with E-state index in [4.69, 9.17) is 5.11 Å². The summed E-state index contributed by atoms with van der Waals surface area (Å²) in [4.78, 5) is 0. The maximum absolute atomic E-state index is 11.1. The number of aromatic nitrogens is 2. The van der Waals surface area contributed by atoms with E-state index in [1.54, 1.807) is 24.1 Å². The fraction of sp³-hybridized carbons (Fsp3) is 0.571. The van der Waals surface area contributed by atoms with Gasteiger partial charge in [0.2, 0.25) is 10.0 Å². The van der Waals surface area contributed by atoms with Gasteiger partial charge in [-0.15, -0.1) is 0 Å². The second-order valence-electron chi connectivity index (χ2n) is 2.89. The van der Waals surface area contributed by atoms with Crippen molar-refractivity contribution in [1.29, 1.82) is 0 Å². The van der Waals surface area contributed by atoms with E-state index in [2.05, 4.69) is 9.82 Å². The van der Waals surface area contributed by atoms with Crippen LogP contribution in [-0.4, -0.2) is 35.7 Å². The predicted molar refractivity (Wildman–Crippen MR) is 50.9 cm³/mol. The van der Waals surface area contributed by atoms with Crippen molar-refractivity contribution in [2.45, 2.75) is 6.54 Å². The van der Waals surface area contributed by atoms with E-state index in [-0.39, 0.29) is 18.9 Å². The second kappa shape index (κ2) is 4.54. The Kier molecular flexibility index (Phi) is 3.62. The van der Waals surface area contributed by atoms with Gasteiger partial charge in [0.05, 0.1) is 18.6 Å². The largest absolute Gasteiger partial charge is 0.395 e. The fourth-order valence-electron chi connectivity index (χ4n) is 0.949. The van der Waals surface area contributed by atoms with E-state index in [1.165, 1.54) is 0 Å². The van der Waals surface area contributed by atoms with Gasteiger partial charge < -0.3 is 5.11 Å². The monoisotopic (exact) mass is 219 g/mol. The first kappa shape index (κ1) is 11.2. The number of sulfonamides is 1. The van der Waals surface area contributed by atoms with Gasteiger partial charge in [-0.2, -0.15) is 5.10 Å². The number of hydrogen-bond acceptors (Lipinski definition) is 4. The topological polar surface area (TPSA) is 84.2 Å². The molecule has 0 unspecified atom stereocenters. The van der Waals surface area contributed by atoms with Crippen molar-refractivity contribution >= 4 is 10.0 Å². The zero-order valence-electron chi connectivity index (χ0n) is 7.84. The number of aliphatic hydroxyl groups excluding tert-OH is 1. The molecule has 2 N–H and O–H groups in total. The van der Waals surface area contributed by atoms with Crippen LogP contribution in [0.25, 0.3) is 0 Å². The van der Waals surface area contributed by atoms with Crippen molar-refractivity contribution in [3.05, 3.63) is 18.0 Å². The quantitative estimate of drug-likeness (QED) is 0.653. The molecular formula is C7H13N3O3S. The number of nitrogens with zero attached hydrogens (tertiary/aromatic N) is 2. The van der Waals surface area contributed by atoms with E-state index >= 15 is 0 Å². The molecule has 0 aliphatic rings. The van der Waals surface area contributed by atoms with Crippen LogP contribution in [0.4, 0.5) is 0 Å². The van der Waals surface area contributed by atoms with Gasteiger partial charge in [0.25, 0.3) is 0 Å². The molecule has 14 heavy (non-hydrogen) atoms. The summed E-state index contributed by atoms with van der Waals surface area (Å²) in [6.45, 7) is -0.168. The lowest BCUT2D eigenvalue weighted by molar-refractivity contribution is 0.319. The minimum atomic E-state index is -3.36. The van der Waals surface area contributed by atoms with Crippen LogP contribution in [-0.2, 0) is 23.6 Å². The van der Waals surface area contributed by atoms with Gasteiger partial charge >= 0.3 is 0 Å². The van der Waals surface area contributed by atoms with Gasteiger partial charge in [-0.25, -0.2) is 13.1 Å². The predicted octanol–water partition coefficient (Wildman–Crippen LogP) is -1.17. The average Bonchev–Trinajstić information content (AvgIpc) is 2.48. The first-order chi connectivity index (χ1) is 6.53. The van der Waals surface area contributed by atoms with E-state index < -0.39 is 10.0 Å². The van der Waals surface area contributed by atoms with Crippen LogP contribution >= 0.6 is 0 Å². The Bertz CT molecular complexity index is 385. The summed E-state index contributed by atoms with van der Waals surface area (Å²) in [7, 11) is -1.60. The normalized spacial score (nSPS) is 11.9. The van der Waals surface area contributed by atoms with Gasteiger partial charge in [-0.05, 0) is 0 Å². The average molecular weight is 219 g/mol. The zero-order chi connectivity index (χ0) is 10.6. The molecule has 1 heterocycles. The number of nitrogens with one attached hydrogen (secondary N) is 1. The molecule has 0 atom stereocenters. The number of aryl methyl sites for hydroxylation is 1. The van der Waals surface area contributed by atoms with Gasteiger partial charge in [0.1, 0.15) is 0 Å². The second-order valence-corrected chi connectivity index (χ2v) is 4.81. The molecule has 1 aromatic heterocycles. The van der Waals surface area contributed by atoms with Crippen molar-refractivity contribution in [3.8, 4) is 0 Å². The third-order valence-corrected chi connectivity index (χ3v) is 2.92. The Hall–Kier alpha value is -0.920. The van der Waals surface area contributed by atoms with Crippen molar-refractivity contribution in [1.82, 2.24) is 14.5 Å². The highest BCUT2D eigenvalue weighted by Gasteiger charge is 2.08. The Morgan fingerprint density at radius 2 is 2.36 bits per heavy atom. The minimum Gasteiger partial charge on any atom is -0.395 e. The van der Waals surface area contributed by atoms with E-state index in [0.29, 0.717) is 0 Å². The van der Waals surface area contributed by atoms with Crippen LogP contribution in [0.5, 0.6) is 0 Å². The molecule has 0 radical (unpaired) electrons. The number of aliphatic hydroxyl groups is 1. The first-order valence-electron chi connectivity index (χ1n) is 4.09. The maximum Gasteiger partial charge on any atom is 0.214 e. The molecule has 1 aromatic rings. The molecule has 0 aliphatic carbocycles. The Balaban J connectivity index is 2.48. The summed E-state index contributed by atoms with van der Waals surface area (Å²) in [5.74, 6) is -0.271. The molecule has 0 spiro atoms. The molecule has 0 amide bonds. The number of rotatable bonds is 5. The van der Waals surface area contributed by atoms with Gasteiger partial charge in [-0.1, -0.05) is 0 Å². The molecule has 1 rings (SSSR count). The third kappa shape index (κ3) is 3.44. The summed E-state index contributed by atoms with van der Waals surface area (Å²) < 4.78 is 26.2. The molecule has 7 heteroatoms. The van der Waals surface area contributed by atoms with E-state index in [9.17, 15) is 8.42 Å². The van der Waals surface area contributed by atoms with Gasteiger partial charge in [0.15, 0.2) is 0 Å². The van der Waals surface area contributed by atoms with Crippen LogP contribution in [0.15, 0.2) is 12.4 Å². The van der Waals surface area contributed by atoms with Crippen molar-refractivity contribution in [2.24, 2.45) is 7.05 Å². The third-order valence-electron chi connectivity index (χ3n) is 1.61. The molecule has 80 valence electrons. The molecular weight excluding hydrogens is 206 g/mol. The van der Waals surface area contributed by atoms with Crippen LogP contribution in [0.3, 0.4) is 0 Å². The Morgan fingerprint density at radius 1 is 1.64 bits per heavy atom. The minimum absolute atomic E-state index is 0.205. The zero-order valence-corrected chi connectivity index (χ0v) is 8.66. The summed E-state index contributed by atoms with van der Waals surface area (Å²) in [5.41, 5.74) is 0.786. The molecule has 0 aromatic carbocycles. The fourth-order valence-corrected chi connectivity index (χ4v) is 1.72. The van der Waals surface area contributed by atoms with Crippen LogP contribution in [0.2, 0.25) is 0 Å². The summed E-state index contributed by atoms with van der Waals surface area (Å²) >= 11 is 0. The van der Waals surface area contributed by atoms with Gasteiger partial charge in [-0.3, -0.25) is 4.68 Å². The lowest BCUT2D eigenvalue weighted by Gasteiger charge is -2.02. The Labute approximate surface area is 82.6 Å². The summed E-state index contributed by atoms with van der Waals surface area (Å²) in [6.07, 6.45) is 3.31. The van der Waals surface area contributed by atoms with E-state index in [1.807, 2.05) is 0 Å². The molecule has 0 fully saturated rings. The molecule has 0 aliphatic heterocycles. The lowest BCUT2D eigenvalue weighted by atomic mass is 10.4. The molecule has 6 nitrogen and oxygen atoms in total.